The molecule has 2 aromatic carbocycles. The molecule has 1 atom stereocenters. The summed E-state index contributed by atoms with van der Waals surface area (Å²) in [6.45, 7) is 0. The van der Waals surface area contributed by atoms with Crippen LogP contribution in [0.25, 0.3) is 0 Å². The van der Waals surface area contributed by atoms with E-state index in [0.29, 0.717) is 3.57 Å². The normalized spacial score (nSPS) is 15.1. The molecule has 1 aliphatic carbocycles. The molecular formula is C18H16BrF2IN2O3. The molecule has 5 nitrogen and oxygen atoms in total. The molecule has 1 saturated carbocycles. The van der Waals surface area contributed by atoms with Crippen molar-refractivity contribution in [1.29, 1.82) is 0 Å². The summed E-state index contributed by atoms with van der Waals surface area (Å²) < 4.78 is 28.9. The van der Waals surface area contributed by atoms with Gasteiger partial charge in [0.1, 0.15) is 11.6 Å². The molecule has 0 spiro atoms. The minimum atomic E-state index is -1.10. The lowest BCUT2D eigenvalue weighted by Crippen LogP contribution is -2.36. The van der Waals surface area contributed by atoms with Crippen LogP contribution in [0.15, 0.2) is 34.8 Å². The molecular weight excluding hydrogens is 537 g/mol. The summed E-state index contributed by atoms with van der Waals surface area (Å²) in [7, 11) is 0. The maximum absolute atomic E-state index is 14.1. The van der Waals surface area contributed by atoms with Gasteiger partial charge in [-0.15, -0.1) is 0 Å². The van der Waals surface area contributed by atoms with Gasteiger partial charge in [-0.25, -0.2) is 19.1 Å². The molecule has 3 rings (SSSR count). The van der Waals surface area contributed by atoms with Crippen LogP contribution in [0, 0.1) is 21.1 Å². The second-order valence-electron chi connectivity index (χ2n) is 6.19. The zero-order chi connectivity index (χ0) is 19.6. The summed E-state index contributed by atoms with van der Waals surface area (Å²) in [5.74, 6) is -1.85. The molecule has 0 radical (unpaired) electrons. The highest BCUT2D eigenvalue weighted by Gasteiger charge is 2.27. The van der Waals surface area contributed by atoms with Gasteiger partial charge in [-0.1, -0.05) is 6.42 Å². The Hall–Kier alpha value is -1.30. The van der Waals surface area contributed by atoms with E-state index in [2.05, 4.69) is 26.7 Å². The summed E-state index contributed by atoms with van der Waals surface area (Å²) in [6.07, 6.45) is 1.58. The Labute approximate surface area is 176 Å². The average molecular weight is 553 g/mol. The molecule has 27 heavy (non-hydrogen) atoms. The molecule has 2 aromatic rings. The smallest absolute Gasteiger partial charge is 0.277 e. The lowest BCUT2D eigenvalue weighted by atomic mass is 9.85. The van der Waals surface area contributed by atoms with Crippen molar-refractivity contribution in [3.8, 4) is 0 Å². The van der Waals surface area contributed by atoms with Crippen LogP contribution >= 0.6 is 38.5 Å². The monoisotopic (exact) mass is 552 g/mol. The molecule has 1 fully saturated rings. The zero-order valence-electron chi connectivity index (χ0n) is 13.9. The van der Waals surface area contributed by atoms with Crippen LogP contribution in [0.5, 0.6) is 0 Å². The van der Waals surface area contributed by atoms with E-state index >= 15 is 0 Å². The van der Waals surface area contributed by atoms with Crippen molar-refractivity contribution in [2.45, 2.75) is 25.6 Å². The number of amides is 1. The fourth-order valence-corrected chi connectivity index (χ4v) is 3.36. The topological polar surface area (TPSA) is 70.6 Å². The first-order chi connectivity index (χ1) is 12.8. The maximum atomic E-state index is 14.1. The van der Waals surface area contributed by atoms with Crippen molar-refractivity contribution in [3.63, 3.8) is 0 Å². The van der Waals surface area contributed by atoms with Crippen LogP contribution in [0.4, 0.5) is 20.2 Å². The molecule has 0 aromatic heterocycles. The largest absolute Gasteiger partial charge is 0.366 e. The second kappa shape index (κ2) is 8.80. The number of carbonyl (C=O) groups excluding carboxylic acids is 1. The minimum absolute atomic E-state index is 0.0104. The standard InChI is InChI=1S/C18H16BrF2IN2O3/c19-12-7-11(17(25)24-27-18(26)9-2-1-3-9)16(8-13(12)20)23-15-5-4-10(22)6-14(15)21/h4-9,18,23,26H,1-3H2,(H,24,25). The fraction of sp³-hybridized carbons (Fsp3) is 0.278. The van der Waals surface area contributed by atoms with Crippen molar-refractivity contribution in [2.24, 2.45) is 5.92 Å². The molecule has 144 valence electrons. The fourth-order valence-electron chi connectivity index (χ4n) is 2.56. The number of hydrogen-bond acceptors (Lipinski definition) is 4. The quantitative estimate of drug-likeness (QED) is 0.272. The van der Waals surface area contributed by atoms with Gasteiger partial charge in [0.25, 0.3) is 5.91 Å². The lowest BCUT2D eigenvalue weighted by Gasteiger charge is -2.29. The number of nitrogens with one attached hydrogen (secondary N) is 2. The molecule has 1 unspecified atom stereocenters. The third-order valence-corrected chi connectivity index (χ3v) is 5.61. The van der Waals surface area contributed by atoms with Gasteiger partial charge in [-0.2, -0.15) is 0 Å². The van der Waals surface area contributed by atoms with E-state index in [4.69, 9.17) is 4.84 Å². The number of rotatable bonds is 6. The Morgan fingerprint density at radius 3 is 2.59 bits per heavy atom. The lowest BCUT2D eigenvalue weighted by molar-refractivity contribution is -0.178. The van der Waals surface area contributed by atoms with Gasteiger partial charge in [0.2, 0.25) is 0 Å². The SMILES string of the molecule is O=C(NOC(O)C1CCC1)c1cc(Br)c(F)cc1Nc1ccc(I)cc1F. The molecule has 1 amide bonds. The Bertz CT molecular complexity index is 865. The highest BCUT2D eigenvalue weighted by atomic mass is 127. The Balaban J connectivity index is 1.80. The van der Waals surface area contributed by atoms with Crippen molar-refractivity contribution in [2.75, 3.05) is 5.32 Å². The average Bonchev–Trinajstić information content (AvgIpc) is 2.56. The summed E-state index contributed by atoms with van der Waals surface area (Å²) in [4.78, 5) is 17.5. The van der Waals surface area contributed by atoms with E-state index in [1.165, 1.54) is 18.2 Å². The van der Waals surface area contributed by atoms with Crippen LogP contribution < -0.4 is 10.8 Å². The maximum Gasteiger partial charge on any atom is 0.277 e. The van der Waals surface area contributed by atoms with Gasteiger partial charge in [-0.05, 0) is 81.7 Å². The molecule has 0 aliphatic heterocycles. The number of carbonyl (C=O) groups is 1. The number of anilines is 2. The van der Waals surface area contributed by atoms with Crippen LogP contribution in [-0.4, -0.2) is 17.3 Å². The van der Waals surface area contributed by atoms with Gasteiger partial charge in [0.15, 0.2) is 6.29 Å². The Morgan fingerprint density at radius 1 is 1.22 bits per heavy atom. The Kier molecular flexibility index (Phi) is 6.66. The van der Waals surface area contributed by atoms with Crippen molar-refractivity contribution < 1.29 is 23.5 Å². The summed E-state index contributed by atoms with van der Waals surface area (Å²) >= 11 is 5.01. The molecule has 1 aliphatic rings. The molecule has 3 N–H and O–H groups in total. The van der Waals surface area contributed by atoms with Gasteiger partial charge in [0, 0.05) is 9.49 Å². The number of aliphatic hydroxyl groups is 1. The highest BCUT2D eigenvalue weighted by molar-refractivity contribution is 14.1. The third kappa shape index (κ3) is 4.95. The van der Waals surface area contributed by atoms with Crippen LogP contribution in [0.1, 0.15) is 29.6 Å². The second-order valence-corrected chi connectivity index (χ2v) is 8.29. The first-order valence-corrected chi connectivity index (χ1v) is 10.1. The van der Waals surface area contributed by atoms with E-state index in [0.717, 1.165) is 25.3 Å². The summed E-state index contributed by atoms with van der Waals surface area (Å²) in [6, 6.07) is 6.83. The number of hydroxylamine groups is 1. The van der Waals surface area contributed by atoms with Crippen LogP contribution in [0.2, 0.25) is 0 Å². The molecule has 0 saturated heterocycles. The number of hydrogen-bond donors (Lipinski definition) is 3. The van der Waals surface area contributed by atoms with Crippen molar-refractivity contribution >= 4 is 55.8 Å². The van der Waals surface area contributed by atoms with E-state index in [1.54, 1.807) is 6.07 Å². The first-order valence-electron chi connectivity index (χ1n) is 8.20. The van der Waals surface area contributed by atoms with E-state index < -0.39 is 23.8 Å². The predicted octanol–water partition coefficient (Wildman–Crippen LogP) is 4.86. The Morgan fingerprint density at radius 2 is 1.96 bits per heavy atom. The molecule has 9 heteroatoms. The zero-order valence-corrected chi connectivity index (χ0v) is 17.7. The van der Waals surface area contributed by atoms with Crippen LogP contribution in [-0.2, 0) is 4.84 Å². The van der Waals surface area contributed by atoms with E-state index in [1.807, 2.05) is 22.6 Å². The third-order valence-electron chi connectivity index (χ3n) is 4.33. The number of benzene rings is 2. The summed E-state index contributed by atoms with van der Waals surface area (Å²) in [5.41, 5.74) is 2.37. The van der Waals surface area contributed by atoms with E-state index in [9.17, 15) is 18.7 Å². The van der Waals surface area contributed by atoms with Gasteiger partial charge < -0.3 is 10.4 Å². The van der Waals surface area contributed by atoms with Crippen molar-refractivity contribution in [1.82, 2.24) is 5.48 Å². The minimum Gasteiger partial charge on any atom is -0.366 e. The highest BCUT2D eigenvalue weighted by Crippen LogP contribution is 2.31. The summed E-state index contributed by atoms with van der Waals surface area (Å²) in [5, 5.41) is 12.6. The number of halogens is 4. The van der Waals surface area contributed by atoms with Gasteiger partial charge >= 0.3 is 0 Å². The van der Waals surface area contributed by atoms with Crippen molar-refractivity contribution in [3.05, 3.63) is 55.6 Å². The van der Waals surface area contributed by atoms with Gasteiger partial charge in [0.05, 0.1) is 21.4 Å². The van der Waals surface area contributed by atoms with E-state index in [-0.39, 0.29) is 27.3 Å². The predicted molar refractivity (Wildman–Crippen MR) is 108 cm³/mol. The first kappa shape index (κ1) is 20.4. The molecule has 0 bridgehead atoms. The number of aliphatic hydroxyl groups excluding tert-OH is 1. The molecule has 0 heterocycles. The van der Waals surface area contributed by atoms with Gasteiger partial charge in [-0.3, -0.25) is 4.79 Å². The van der Waals surface area contributed by atoms with Crippen LogP contribution in [0.3, 0.4) is 0 Å².